The Kier molecular flexibility index (Phi) is 1.59. The van der Waals surface area contributed by atoms with E-state index in [9.17, 15) is 0 Å². The molecule has 0 aromatic carbocycles. The molecule has 0 aliphatic carbocycles. The van der Waals surface area contributed by atoms with Crippen LogP contribution in [0.25, 0.3) is 0 Å². The number of hydrogen-bond donors (Lipinski definition) is 1. The smallest absolute Gasteiger partial charge is 0.112 e. The summed E-state index contributed by atoms with van der Waals surface area (Å²) in [7, 11) is 5.75. The van der Waals surface area contributed by atoms with Crippen molar-refractivity contribution in [2.75, 3.05) is 0 Å². The number of nitrogens with zero attached hydrogens (tertiary/aromatic N) is 1. The first-order valence-corrected chi connectivity index (χ1v) is 3.31. The van der Waals surface area contributed by atoms with E-state index < -0.39 is 5.44 Å². The van der Waals surface area contributed by atoms with Crippen LogP contribution in [0.15, 0.2) is 16.8 Å². The molecule has 1 aliphatic rings. The minimum atomic E-state index is -0.514. The first kappa shape index (κ1) is 7.38. The monoisotopic (exact) mass is 134 g/mol. The topological polar surface area (TPSA) is 24.4 Å². The number of rotatable bonds is 0. The maximum atomic E-state index is 5.75. The first-order chi connectivity index (χ1) is 4.49. The minimum Gasteiger partial charge on any atom is -0.348 e. The lowest BCUT2D eigenvalue weighted by Gasteiger charge is -2.24. The molecule has 0 saturated carbocycles. The highest BCUT2D eigenvalue weighted by molar-refractivity contribution is 6.18. The quantitative estimate of drug-likeness (QED) is 0.486. The Labute approximate surface area is 62.8 Å². The van der Waals surface area contributed by atoms with Crippen LogP contribution < -0.4 is 5.32 Å². The van der Waals surface area contributed by atoms with E-state index in [1.165, 1.54) is 0 Å². The van der Waals surface area contributed by atoms with Crippen molar-refractivity contribution in [2.45, 2.75) is 26.2 Å². The predicted octanol–water partition coefficient (Wildman–Crippen LogP) is 0.796. The van der Waals surface area contributed by atoms with Crippen molar-refractivity contribution >= 4 is 13.7 Å². The minimum absolute atomic E-state index is 0.514. The second-order valence-corrected chi connectivity index (χ2v) is 2.88. The van der Waals surface area contributed by atoms with Gasteiger partial charge in [-0.3, -0.25) is 4.99 Å². The summed E-state index contributed by atoms with van der Waals surface area (Å²) in [6, 6.07) is 0. The molecule has 0 bridgehead atoms. The molecule has 10 heavy (non-hydrogen) atoms. The van der Waals surface area contributed by atoms with Crippen molar-refractivity contribution in [1.29, 1.82) is 0 Å². The molecule has 1 rings (SSSR count). The normalized spacial score (nSPS) is 32.3. The number of nitrogens with one attached hydrogen (secondary N) is 1. The molecule has 0 aromatic rings. The van der Waals surface area contributed by atoms with Crippen molar-refractivity contribution in [3.05, 3.63) is 11.8 Å². The van der Waals surface area contributed by atoms with Gasteiger partial charge in [0.2, 0.25) is 0 Å². The van der Waals surface area contributed by atoms with Gasteiger partial charge in [0.1, 0.15) is 7.85 Å². The summed E-state index contributed by atoms with van der Waals surface area (Å²) in [5.74, 6) is 0.880. The van der Waals surface area contributed by atoms with E-state index in [0.717, 1.165) is 11.5 Å². The Bertz CT molecular complexity index is 184. The van der Waals surface area contributed by atoms with E-state index in [1.807, 2.05) is 26.8 Å². The van der Waals surface area contributed by atoms with Crippen LogP contribution in [0, 0.1) is 0 Å². The zero-order valence-corrected chi connectivity index (χ0v) is 6.60. The van der Waals surface area contributed by atoms with E-state index in [-0.39, 0.29) is 0 Å². The van der Waals surface area contributed by atoms with Gasteiger partial charge >= 0.3 is 0 Å². The zero-order valence-electron chi connectivity index (χ0n) is 6.60. The highest BCUT2D eigenvalue weighted by Gasteiger charge is 2.16. The maximum Gasteiger partial charge on any atom is 0.112 e. The number of hydrogen-bond acceptors (Lipinski definition) is 2. The van der Waals surface area contributed by atoms with E-state index in [0.29, 0.717) is 0 Å². The van der Waals surface area contributed by atoms with Gasteiger partial charge in [0.25, 0.3) is 0 Å². The molecule has 0 amide bonds. The van der Waals surface area contributed by atoms with Crippen molar-refractivity contribution in [3.63, 3.8) is 0 Å². The zero-order chi connectivity index (χ0) is 7.78. The summed E-state index contributed by atoms with van der Waals surface area (Å²) in [5, 5.41) is 3.07. The Hall–Kier alpha value is -0.725. The van der Waals surface area contributed by atoms with Crippen LogP contribution in [0.1, 0.15) is 20.8 Å². The van der Waals surface area contributed by atoms with Gasteiger partial charge in [-0.2, -0.15) is 0 Å². The second-order valence-electron chi connectivity index (χ2n) is 2.88. The molecular weight excluding hydrogens is 123 g/mol. The third-order valence-electron chi connectivity index (χ3n) is 1.30. The molecule has 2 radical (unpaired) electrons. The molecule has 0 saturated heterocycles. The Balaban J connectivity index is 2.88. The van der Waals surface area contributed by atoms with Gasteiger partial charge in [0, 0.05) is 11.1 Å². The summed E-state index contributed by atoms with van der Waals surface area (Å²) in [6.45, 7) is 5.76. The van der Waals surface area contributed by atoms with Crippen molar-refractivity contribution in [2.24, 2.45) is 4.99 Å². The fourth-order valence-electron chi connectivity index (χ4n) is 1.18. The van der Waals surface area contributed by atoms with E-state index >= 15 is 0 Å². The number of amidine groups is 1. The van der Waals surface area contributed by atoms with Crippen molar-refractivity contribution in [1.82, 2.24) is 5.32 Å². The lowest BCUT2D eigenvalue weighted by atomic mass is 9.79. The number of aliphatic imine (C=N–C) groups is 1. The van der Waals surface area contributed by atoms with Gasteiger partial charge in [-0.05, 0) is 26.8 Å². The molecule has 1 unspecified atom stereocenters. The maximum absolute atomic E-state index is 5.75. The highest BCUT2D eigenvalue weighted by atomic mass is 15.0. The van der Waals surface area contributed by atoms with Crippen molar-refractivity contribution < 1.29 is 0 Å². The van der Waals surface area contributed by atoms with E-state index in [2.05, 4.69) is 10.3 Å². The van der Waals surface area contributed by atoms with Gasteiger partial charge in [-0.15, -0.1) is 0 Å². The molecule has 52 valence electrons. The molecular formula is C7H11BN2. The Morgan fingerprint density at radius 1 is 1.60 bits per heavy atom. The Morgan fingerprint density at radius 2 is 2.20 bits per heavy atom. The summed E-state index contributed by atoms with van der Waals surface area (Å²) < 4.78 is 0. The van der Waals surface area contributed by atoms with Crippen LogP contribution in [-0.4, -0.2) is 19.1 Å². The highest BCUT2D eigenvalue weighted by Crippen LogP contribution is 2.12. The molecule has 0 fully saturated rings. The molecule has 1 aliphatic heterocycles. The van der Waals surface area contributed by atoms with Crippen LogP contribution in [0.3, 0.4) is 0 Å². The second kappa shape index (κ2) is 2.15. The summed E-state index contributed by atoms with van der Waals surface area (Å²) in [5.41, 5.74) is 0.553. The van der Waals surface area contributed by atoms with Gasteiger partial charge in [-0.25, -0.2) is 0 Å². The SMILES string of the molecule is [B]C1(C)C=C(C)NC(C)=N1. The van der Waals surface area contributed by atoms with Crippen LogP contribution in [0.4, 0.5) is 0 Å². The standard InChI is InChI=1S/C7H11BN2/c1-5-4-7(3,8)10-6(2)9-5/h4H,1-3H3,(H,9,10). The molecule has 0 aromatic heterocycles. The van der Waals surface area contributed by atoms with E-state index in [4.69, 9.17) is 7.85 Å². The van der Waals surface area contributed by atoms with E-state index in [1.54, 1.807) is 0 Å². The van der Waals surface area contributed by atoms with Crippen LogP contribution in [0.5, 0.6) is 0 Å². The molecule has 3 heteroatoms. The molecule has 1 N–H and O–H groups in total. The fourth-order valence-corrected chi connectivity index (χ4v) is 1.18. The average Bonchev–Trinajstić information content (AvgIpc) is 1.54. The first-order valence-electron chi connectivity index (χ1n) is 3.31. The summed E-state index contributed by atoms with van der Waals surface area (Å²) >= 11 is 0. The average molecular weight is 134 g/mol. The molecule has 2 nitrogen and oxygen atoms in total. The third-order valence-corrected chi connectivity index (χ3v) is 1.30. The van der Waals surface area contributed by atoms with Crippen LogP contribution in [-0.2, 0) is 0 Å². The van der Waals surface area contributed by atoms with Gasteiger partial charge in [0.15, 0.2) is 0 Å². The molecule has 1 heterocycles. The van der Waals surface area contributed by atoms with Crippen molar-refractivity contribution in [3.8, 4) is 0 Å². The summed E-state index contributed by atoms with van der Waals surface area (Å²) in [4.78, 5) is 4.17. The molecule has 0 spiro atoms. The van der Waals surface area contributed by atoms with Gasteiger partial charge in [0.05, 0.1) is 5.84 Å². The number of allylic oxidation sites excluding steroid dienone is 1. The van der Waals surface area contributed by atoms with Crippen LogP contribution in [0.2, 0.25) is 0 Å². The Morgan fingerprint density at radius 3 is 2.60 bits per heavy atom. The lowest BCUT2D eigenvalue weighted by Crippen LogP contribution is -2.33. The fraction of sp³-hybridized carbons (Fsp3) is 0.571. The third kappa shape index (κ3) is 1.63. The van der Waals surface area contributed by atoms with Crippen LogP contribution >= 0.6 is 0 Å². The molecule has 1 atom stereocenters. The predicted molar refractivity (Wildman–Crippen MR) is 44.2 cm³/mol. The van der Waals surface area contributed by atoms with Gasteiger partial charge < -0.3 is 5.32 Å². The van der Waals surface area contributed by atoms with Gasteiger partial charge in [-0.1, -0.05) is 0 Å². The lowest BCUT2D eigenvalue weighted by molar-refractivity contribution is 0.779. The largest absolute Gasteiger partial charge is 0.348 e. The summed E-state index contributed by atoms with van der Waals surface area (Å²) in [6.07, 6.45) is 1.90.